The number of halogens is 1. The molecule has 120 valence electrons. The molecule has 0 aliphatic carbocycles. The van der Waals surface area contributed by atoms with Crippen molar-refractivity contribution in [1.82, 2.24) is 5.32 Å². The molecule has 1 atom stereocenters. The van der Waals surface area contributed by atoms with E-state index in [2.05, 4.69) is 19.2 Å². The lowest BCUT2D eigenvalue weighted by atomic mass is 10.1. The van der Waals surface area contributed by atoms with E-state index in [-0.39, 0.29) is 11.9 Å². The van der Waals surface area contributed by atoms with Gasteiger partial charge in [0.25, 0.3) is 0 Å². The Morgan fingerprint density at radius 2 is 1.95 bits per heavy atom. The lowest BCUT2D eigenvalue weighted by Gasteiger charge is -2.15. The summed E-state index contributed by atoms with van der Waals surface area (Å²) < 4.78 is 24.8. The molecule has 0 bridgehead atoms. The average Bonchev–Trinajstić information content (AvgIpc) is 2.49. The third-order valence-electron chi connectivity index (χ3n) is 3.28. The van der Waals surface area contributed by atoms with Crippen LogP contribution in [0.15, 0.2) is 18.2 Å². The van der Waals surface area contributed by atoms with Crippen molar-refractivity contribution >= 4 is 0 Å². The molecular weight excluding hydrogens is 269 g/mol. The summed E-state index contributed by atoms with van der Waals surface area (Å²) >= 11 is 0. The first-order chi connectivity index (χ1) is 10.2. The fourth-order valence-corrected chi connectivity index (χ4v) is 1.94. The van der Waals surface area contributed by atoms with Gasteiger partial charge in [-0.2, -0.15) is 0 Å². The molecule has 0 radical (unpaired) electrons. The summed E-state index contributed by atoms with van der Waals surface area (Å²) in [4.78, 5) is 0. The van der Waals surface area contributed by atoms with Gasteiger partial charge in [-0.1, -0.05) is 26.3 Å². The van der Waals surface area contributed by atoms with Gasteiger partial charge in [0.2, 0.25) is 0 Å². The molecular formula is C17H28FNO2. The van der Waals surface area contributed by atoms with Crippen molar-refractivity contribution < 1.29 is 13.9 Å². The molecule has 0 spiro atoms. The van der Waals surface area contributed by atoms with E-state index in [0.29, 0.717) is 19.0 Å². The lowest BCUT2D eigenvalue weighted by Crippen LogP contribution is -2.19. The molecule has 0 aliphatic heterocycles. The summed E-state index contributed by atoms with van der Waals surface area (Å²) in [5, 5.41) is 3.34. The molecule has 21 heavy (non-hydrogen) atoms. The number of ether oxygens (including phenoxy) is 2. The summed E-state index contributed by atoms with van der Waals surface area (Å²) in [6.45, 7) is 8.80. The van der Waals surface area contributed by atoms with Crippen LogP contribution in [-0.2, 0) is 4.74 Å². The fourth-order valence-electron chi connectivity index (χ4n) is 1.94. The molecule has 1 N–H and O–H groups in total. The second-order valence-corrected chi connectivity index (χ2v) is 5.18. The zero-order valence-corrected chi connectivity index (χ0v) is 13.5. The van der Waals surface area contributed by atoms with Crippen LogP contribution in [0.3, 0.4) is 0 Å². The Bertz CT molecular complexity index is 398. The molecule has 0 saturated carbocycles. The number of hydrogen-bond donors (Lipinski definition) is 1. The highest BCUT2D eigenvalue weighted by Crippen LogP contribution is 2.22. The Morgan fingerprint density at radius 3 is 2.62 bits per heavy atom. The molecule has 0 saturated heterocycles. The first kappa shape index (κ1) is 17.9. The topological polar surface area (TPSA) is 30.5 Å². The van der Waals surface area contributed by atoms with Gasteiger partial charge >= 0.3 is 0 Å². The average molecular weight is 297 g/mol. The smallest absolute Gasteiger partial charge is 0.165 e. The van der Waals surface area contributed by atoms with Crippen molar-refractivity contribution in [1.29, 1.82) is 0 Å². The first-order valence-corrected chi connectivity index (χ1v) is 7.92. The number of benzene rings is 1. The van der Waals surface area contributed by atoms with Crippen LogP contribution in [0.4, 0.5) is 4.39 Å². The summed E-state index contributed by atoms with van der Waals surface area (Å²) in [5.74, 6) is -0.0215. The van der Waals surface area contributed by atoms with E-state index in [1.165, 1.54) is 0 Å². The molecule has 0 heterocycles. The molecule has 4 heteroatoms. The van der Waals surface area contributed by atoms with Gasteiger partial charge in [0, 0.05) is 12.6 Å². The van der Waals surface area contributed by atoms with Crippen molar-refractivity contribution in [3.05, 3.63) is 29.6 Å². The van der Waals surface area contributed by atoms with Gasteiger partial charge in [0.15, 0.2) is 11.6 Å². The van der Waals surface area contributed by atoms with Gasteiger partial charge in [0.05, 0.1) is 6.61 Å². The zero-order chi connectivity index (χ0) is 15.5. The summed E-state index contributed by atoms with van der Waals surface area (Å²) in [7, 11) is 0. The Kier molecular flexibility index (Phi) is 9.02. The minimum atomic E-state index is -0.314. The minimum Gasteiger partial charge on any atom is -0.488 e. The molecule has 1 rings (SSSR count). The van der Waals surface area contributed by atoms with E-state index in [9.17, 15) is 4.39 Å². The molecule has 0 amide bonds. The summed E-state index contributed by atoms with van der Waals surface area (Å²) in [5.41, 5.74) is 0.937. The first-order valence-electron chi connectivity index (χ1n) is 7.92. The Balaban J connectivity index is 2.39. The molecule has 0 aromatic heterocycles. The van der Waals surface area contributed by atoms with Gasteiger partial charge in [-0.3, -0.25) is 0 Å². The third kappa shape index (κ3) is 6.91. The normalized spacial score (nSPS) is 12.4. The van der Waals surface area contributed by atoms with E-state index < -0.39 is 0 Å². The highest BCUT2D eigenvalue weighted by Gasteiger charge is 2.09. The number of unbranched alkanes of at least 4 members (excludes halogenated alkanes) is 1. The van der Waals surface area contributed by atoms with Crippen LogP contribution in [0.1, 0.15) is 51.6 Å². The maximum Gasteiger partial charge on any atom is 0.165 e. The summed E-state index contributed by atoms with van der Waals surface area (Å²) in [6.07, 6.45) is 3.22. The quantitative estimate of drug-likeness (QED) is 0.624. The van der Waals surface area contributed by atoms with Gasteiger partial charge in [-0.25, -0.2) is 4.39 Å². The van der Waals surface area contributed by atoms with Crippen molar-refractivity contribution in [2.75, 3.05) is 26.4 Å². The van der Waals surface area contributed by atoms with Crippen molar-refractivity contribution in [2.24, 2.45) is 0 Å². The zero-order valence-electron chi connectivity index (χ0n) is 13.5. The number of nitrogens with one attached hydrogen (secondary N) is 1. The maximum atomic E-state index is 14.0. The van der Waals surface area contributed by atoms with E-state index >= 15 is 0 Å². The molecule has 0 fully saturated rings. The highest BCUT2D eigenvalue weighted by atomic mass is 19.1. The van der Waals surface area contributed by atoms with Crippen LogP contribution < -0.4 is 10.1 Å². The van der Waals surface area contributed by atoms with E-state index in [0.717, 1.165) is 38.0 Å². The second kappa shape index (κ2) is 10.6. The van der Waals surface area contributed by atoms with Crippen molar-refractivity contribution in [3.63, 3.8) is 0 Å². The molecule has 0 aliphatic rings. The summed E-state index contributed by atoms with van der Waals surface area (Å²) in [6, 6.07) is 5.29. The van der Waals surface area contributed by atoms with Crippen LogP contribution in [0.25, 0.3) is 0 Å². The van der Waals surface area contributed by atoms with Gasteiger partial charge in [-0.05, 0) is 44.0 Å². The van der Waals surface area contributed by atoms with Crippen LogP contribution in [-0.4, -0.2) is 26.4 Å². The molecule has 1 aromatic rings. The van der Waals surface area contributed by atoms with E-state index in [1.807, 2.05) is 13.0 Å². The van der Waals surface area contributed by atoms with Gasteiger partial charge in [-0.15, -0.1) is 0 Å². The van der Waals surface area contributed by atoms with Crippen LogP contribution in [0, 0.1) is 5.82 Å². The maximum absolute atomic E-state index is 14.0. The molecule has 1 unspecified atom stereocenters. The minimum absolute atomic E-state index is 0.144. The second-order valence-electron chi connectivity index (χ2n) is 5.18. The Hall–Kier alpha value is -1.13. The standard InChI is InChI=1S/C17H28FNO2/c1-4-6-10-20-11-12-21-17-8-7-15(13-16(17)18)14(3)19-9-5-2/h7-8,13-14,19H,4-6,9-12H2,1-3H3. The van der Waals surface area contributed by atoms with Gasteiger partial charge < -0.3 is 14.8 Å². The highest BCUT2D eigenvalue weighted by molar-refractivity contribution is 5.30. The van der Waals surface area contributed by atoms with E-state index in [4.69, 9.17) is 9.47 Å². The van der Waals surface area contributed by atoms with Crippen LogP contribution >= 0.6 is 0 Å². The SMILES string of the molecule is CCCCOCCOc1ccc(C(C)NCCC)cc1F. The fraction of sp³-hybridized carbons (Fsp3) is 0.647. The third-order valence-corrected chi connectivity index (χ3v) is 3.28. The number of rotatable bonds is 11. The predicted octanol–water partition coefficient (Wildman–Crippen LogP) is 4.08. The van der Waals surface area contributed by atoms with Crippen molar-refractivity contribution in [2.45, 2.75) is 46.1 Å². The Labute approximate surface area is 127 Å². The molecule has 1 aromatic carbocycles. The molecule has 3 nitrogen and oxygen atoms in total. The Morgan fingerprint density at radius 1 is 1.14 bits per heavy atom. The van der Waals surface area contributed by atoms with Crippen molar-refractivity contribution in [3.8, 4) is 5.75 Å². The van der Waals surface area contributed by atoms with Crippen LogP contribution in [0.5, 0.6) is 5.75 Å². The lowest BCUT2D eigenvalue weighted by molar-refractivity contribution is 0.0966. The van der Waals surface area contributed by atoms with E-state index in [1.54, 1.807) is 12.1 Å². The number of hydrogen-bond acceptors (Lipinski definition) is 3. The predicted molar refractivity (Wildman–Crippen MR) is 84.3 cm³/mol. The largest absolute Gasteiger partial charge is 0.488 e. The van der Waals surface area contributed by atoms with Gasteiger partial charge in [0.1, 0.15) is 6.61 Å². The monoisotopic (exact) mass is 297 g/mol. The van der Waals surface area contributed by atoms with Crippen LogP contribution in [0.2, 0.25) is 0 Å².